The molecule has 1 aromatic rings. The number of benzene rings is 1. The fourth-order valence-corrected chi connectivity index (χ4v) is 2.87. The second kappa shape index (κ2) is 5.44. The third kappa shape index (κ3) is 2.96. The molecule has 1 amide bonds. The summed E-state index contributed by atoms with van der Waals surface area (Å²) in [6.45, 7) is 2.15. The van der Waals surface area contributed by atoms with Gasteiger partial charge in [-0.1, -0.05) is 6.07 Å². The van der Waals surface area contributed by atoms with Crippen LogP contribution in [0.3, 0.4) is 0 Å². The zero-order valence-corrected chi connectivity index (χ0v) is 12.3. The van der Waals surface area contributed by atoms with Crippen molar-refractivity contribution in [2.45, 2.75) is 31.3 Å². The molecule has 1 atom stereocenters. The van der Waals surface area contributed by atoms with Crippen molar-refractivity contribution in [3.8, 4) is 0 Å². The van der Waals surface area contributed by atoms with E-state index in [0.29, 0.717) is 6.04 Å². The monoisotopic (exact) mass is 273 g/mol. The van der Waals surface area contributed by atoms with Crippen LogP contribution in [0.5, 0.6) is 0 Å². The van der Waals surface area contributed by atoms with E-state index in [1.807, 2.05) is 43.3 Å². The average Bonchev–Trinajstić information content (AvgIpc) is 3.20. The molecule has 1 aliphatic heterocycles. The van der Waals surface area contributed by atoms with Gasteiger partial charge in [-0.05, 0) is 37.5 Å². The van der Waals surface area contributed by atoms with Crippen LogP contribution in [-0.2, 0) is 0 Å². The topological polar surface area (TPSA) is 35.6 Å². The molecular weight excluding hydrogens is 250 g/mol. The largest absolute Gasteiger partial charge is 0.378 e. The van der Waals surface area contributed by atoms with Gasteiger partial charge in [-0.15, -0.1) is 0 Å². The van der Waals surface area contributed by atoms with Crippen LogP contribution in [0.4, 0.5) is 5.69 Å². The zero-order valence-electron chi connectivity index (χ0n) is 12.3. The second-order valence-corrected chi connectivity index (χ2v) is 6.13. The van der Waals surface area contributed by atoms with Gasteiger partial charge in [0.05, 0.1) is 0 Å². The van der Waals surface area contributed by atoms with E-state index in [0.717, 1.165) is 36.8 Å². The number of anilines is 1. The Kier molecular flexibility index (Phi) is 3.66. The van der Waals surface area contributed by atoms with Crippen molar-refractivity contribution in [2.24, 2.45) is 0 Å². The fraction of sp³-hybridized carbons (Fsp3) is 0.562. The van der Waals surface area contributed by atoms with Crippen molar-refractivity contribution in [3.05, 3.63) is 29.8 Å². The summed E-state index contributed by atoms with van der Waals surface area (Å²) >= 11 is 0. The van der Waals surface area contributed by atoms with Gasteiger partial charge in [0.2, 0.25) is 0 Å². The lowest BCUT2D eigenvalue weighted by molar-refractivity contribution is 0.0937. The number of hydrogen-bond donors (Lipinski definition) is 1. The molecule has 1 aliphatic carbocycles. The molecule has 0 unspecified atom stereocenters. The van der Waals surface area contributed by atoms with Gasteiger partial charge in [0.1, 0.15) is 0 Å². The Balaban J connectivity index is 1.60. The van der Waals surface area contributed by atoms with Gasteiger partial charge in [-0.2, -0.15) is 0 Å². The van der Waals surface area contributed by atoms with Gasteiger partial charge in [0.25, 0.3) is 5.91 Å². The second-order valence-electron chi connectivity index (χ2n) is 6.13. The summed E-state index contributed by atoms with van der Waals surface area (Å²) in [7, 11) is 3.98. The van der Waals surface area contributed by atoms with E-state index in [2.05, 4.69) is 10.2 Å². The van der Waals surface area contributed by atoms with Crippen LogP contribution in [0.2, 0.25) is 0 Å². The molecule has 0 bridgehead atoms. The maximum atomic E-state index is 12.3. The van der Waals surface area contributed by atoms with Crippen molar-refractivity contribution in [2.75, 3.05) is 32.1 Å². The third-order valence-electron chi connectivity index (χ3n) is 4.24. The zero-order chi connectivity index (χ0) is 14.1. The minimum absolute atomic E-state index is 0.0522. The highest BCUT2D eigenvalue weighted by Crippen LogP contribution is 2.29. The first kappa shape index (κ1) is 13.4. The predicted molar refractivity (Wildman–Crippen MR) is 81.2 cm³/mol. The van der Waals surface area contributed by atoms with E-state index >= 15 is 0 Å². The van der Waals surface area contributed by atoms with Crippen molar-refractivity contribution < 1.29 is 4.79 Å². The first-order valence-corrected chi connectivity index (χ1v) is 7.46. The lowest BCUT2D eigenvalue weighted by Gasteiger charge is -2.17. The number of amides is 1. The first-order valence-electron chi connectivity index (χ1n) is 7.46. The Labute approximate surface area is 120 Å². The molecule has 0 aromatic heterocycles. The number of hydrogen-bond acceptors (Lipinski definition) is 3. The molecule has 4 nitrogen and oxygen atoms in total. The molecule has 0 radical (unpaired) electrons. The predicted octanol–water partition coefficient (Wildman–Crippen LogP) is 1.72. The Morgan fingerprint density at radius 1 is 1.30 bits per heavy atom. The molecule has 2 aliphatic rings. The highest BCUT2D eigenvalue weighted by atomic mass is 16.1. The van der Waals surface area contributed by atoms with Crippen LogP contribution in [0.15, 0.2) is 24.3 Å². The summed E-state index contributed by atoms with van der Waals surface area (Å²) in [4.78, 5) is 16.8. The normalized spacial score (nSPS) is 22.8. The smallest absolute Gasteiger partial charge is 0.251 e. The molecule has 4 heteroatoms. The summed E-state index contributed by atoms with van der Waals surface area (Å²) in [5.74, 6) is 0.0522. The number of carbonyl (C=O) groups excluding carboxylic acids is 1. The molecule has 1 heterocycles. The highest BCUT2D eigenvalue weighted by Gasteiger charge is 2.34. The Morgan fingerprint density at radius 3 is 2.80 bits per heavy atom. The maximum absolute atomic E-state index is 12.3. The lowest BCUT2D eigenvalue weighted by Crippen LogP contribution is -2.37. The average molecular weight is 273 g/mol. The van der Waals surface area contributed by atoms with Crippen molar-refractivity contribution >= 4 is 11.6 Å². The van der Waals surface area contributed by atoms with Crippen LogP contribution >= 0.6 is 0 Å². The molecule has 0 spiro atoms. The van der Waals surface area contributed by atoms with Crippen molar-refractivity contribution in [1.29, 1.82) is 0 Å². The van der Waals surface area contributed by atoms with Crippen LogP contribution in [0, 0.1) is 0 Å². The van der Waals surface area contributed by atoms with E-state index in [1.165, 1.54) is 12.8 Å². The van der Waals surface area contributed by atoms with Gasteiger partial charge in [-0.3, -0.25) is 9.69 Å². The molecule has 20 heavy (non-hydrogen) atoms. The van der Waals surface area contributed by atoms with Crippen LogP contribution in [0.1, 0.15) is 29.6 Å². The maximum Gasteiger partial charge on any atom is 0.251 e. The summed E-state index contributed by atoms with van der Waals surface area (Å²) in [6.07, 6.45) is 3.76. The molecule has 108 valence electrons. The van der Waals surface area contributed by atoms with E-state index in [4.69, 9.17) is 0 Å². The number of likely N-dealkylation sites (tertiary alicyclic amines) is 1. The highest BCUT2D eigenvalue weighted by molar-refractivity contribution is 5.95. The van der Waals surface area contributed by atoms with Gasteiger partial charge in [-0.25, -0.2) is 0 Å². The van der Waals surface area contributed by atoms with Gasteiger partial charge < -0.3 is 10.2 Å². The van der Waals surface area contributed by atoms with Crippen LogP contribution in [0.25, 0.3) is 0 Å². The summed E-state index contributed by atoms with van der Waals surface area (Å²) in [5.41, 5.74) is 1.81. The first-order chi connectivity index (χ1) is 9.63. The molecule has 1 aromatic carbocycles. The van der Waals surface area contributed by atoms with Gasteiger partial charge >= 0.3 is 0 Å². The Bertz CT molecular complexity index is 496. The van der Waals surface area contributed by atoms with Crippen LogP contribution < -0.4 is 10.2 Å². The molecule has 1 saturated carbocycles. The molecule has 3 rings (SSSR count). The Hall–Kier alpha value is -1.55. The molecule has 1 N–H and O–H groups in total. The minimum atomic E-state index is 0.0522. The molecule has 2 fully saturated rings. The molecular formula is C16H23N3O. The number of nitrogens with zero attached hydrogens (tertiary/aromatic N) is 2. The van der Waals surface area contributed by atoms with E-state index in [1.54, 1.807) is 0 Å². The van der Waals surface area contributed by atoms with E-state index in [9.17, 15) is 4.79 Å². The number of carbonyl (C=O) groups is 1. The summed E-state index contributed by atoms with van der Waals surface area (Å²) in [5, 5.41) is 3.17. The third-order valence-corrected chi connectivity index (χ3v) is 4.24. The van der Waals surface area contributed by atoms with Crippen molar-refractivity contribution in [1.82, 2.24) is 10.2 Å². The fourth-order valence-electron chi connectivity index (χ4n) is 2.87. The Morgan fingerprint density at radius 2 is 2.10 bits per heavy atom. The number of rotatable bonds is 4. The standard InChI is InChI=1S/C16H23N3O/c1-18(2)15-5-3-4-12(10-15)16(20)17-13-8-9-19(11-13)14-6-7-14/h3-5,10,13-14H,6-9,11H2,1-2H3,(H,17,20)/t13-/m1/s1. The minimum Gasteiger partial charge on any atom is -0.378 e. The van der Waals surface area contributed by atoms with Gasteiger partial charge in [0, 0.05) is 50.5 Å². The van der Waals surface area contributed by atoms with Crippen LogP contribution in [-0.4, -0.2) is 50.1 Å². The van der Waals surface area contributed by atoms with Crippen molar-refractivity contribution in [3.63, 3.8) is 0 Å². The SMILES string of the molecule is CN(C)c1cccc(C(=O)N[C@@H]2CCN(C3CC3)C2)c1. The quantitative estimate of drug-likeness (QED) is 0.907. The van der Waals surface area contributed by atoms with E-state index in [-0.39, 0.29) is 5.91 Å². The number of nitrogens with one attached hydrogen (secondary N) is 1. The summed E-state index contributed by atoms with van der Waals surface area (Å²) in [6, 6.07) is 8.90. The van der Waals surface area contributed by atoms with Gasteiger partial charge in [0.15, 0.2) is 0 Å². The molecule has 1 saturated heterocycles. The summed E-state index contributed by atoms with van der Waals surface area (Å²) < 4.78 is 0. The van der Waals surface area contributed by atoms with E-state index < -0.39 is 0 Å². The lowest BCUT2D eigenvalue weighted by atomic mass is 10.1.